The Morgan fingerprint density at radius 3 is 2.92 bits per heavy atom. The summed E-state index contributed by atoms with van der Waals surface area (Å²) in [7, 11) is 0. The molecule has 0 fully saturated rings. The Morgan fingerprint density at radius 1 is 1.33 bits per heavy atom. The van der Waals surface area contributed by atoms with E-state index in [0.717, 1.165) is 17.2 Å². The Morgan fingerprint density at radius 2 is 2.17 bits per heavy atom. The summed E-state index contributed by atoms with van der Waals surface area (Å²) in [6.07, 6.45) is 0.984. The average Bonchev–Trinajstić information content (AvgIpc) is 2.49. The fraction of sp³-hybridized carbons (Fsp3) is 0.200. The molecule has 1 heterocycles. The molecule has 1 aromatic carbocycles. The van der Waals surface area contributed by atoms with E-state index < -0.39 is 0 Å². The van der Waals surface area contributed by atoms with Gasteiger partial charge in [0.1, 0.15) is 5.82 Å². The highest BCUT2D eigenvalue weighted by Gasteiger charge is 2.04. The van der Waals surface area contributed by atoms with Crippen LogP contribution in [0.25, 0.3) is 10.8 Å². The van der Waals surface area contributed by atoms with Crippen LogP contribution < -0.4 is 0 Å². The van der Waals surface area contributed by atoms with Gasteiger partial charge in [0.2, 0.25) is 0 Å². The predicted octanol–water partition coefficient (Wildman–Crippen LogP) is 3.60. The number of halogens is 1. The molecule has 0 radical (unpaired) electrons. The molecule has 2 aromatic rings. The Bertz CT molecular complexity index is 403. The number of thiophene rings is 1. The zero-order valence-corrected chi connectivity index (χ0v) is 7.62. The quantitative estimate of drug-likeness (QED) is 0.629. The number of fused-ring (bicyclic) bond motifs is 1. The van der Waals surface area contributed by atoms with E-state index in [4.69, 9.17) is 0 Å². The van der Waals surface area contributed by atoms with Gasteiger partial charge in [0, 0.05) is 15.6 Å². The van der Waals surface area contributed by atoms with Crippen molar-refractivity contribution < 1.29 is 4.39 Å². The highest BCUT2D eigenvalue weighted by molar-refractivity contribution is 7.11. The van der Waals surface area contributed by atoms with E-state index in [9.17, 15) is 4.39 Å². The molecule has 0 saturated heterocycles. The number of rotatable bonds is 1. The van der Waals surface area contributed by atoms with Gasteiger partial charge in [0.25, 0.3) is 0 Å². The summed E-state index contributed by atoms with van der Waals surface area (Å²) in [4.78, 5) is 1.27. The van der Waals surface area contributed by atoms with E-state index in [0.29, 0.717) is 0 Å². The van der Waals surface area contributed by atoms with E-state index in [2.05, 4.69) is 6.92 Å². The zero-order chi connectivity index (χ0) is 8.55. The lowest BCUT2D eigenvalue weighted by Gasteiger charge is -1.93. The molecule has 0 spiro atoms. The molecule has 0 bridgehead atoms. The van der Waals surface area contributed by atoms with Crippen LogP contribution in [0.4, 0.5) is 4.39 Å². The summed E-state index contributed by atoms with van der Waals surface area (Å²) in [5.41, 5.74) is 0. The van der Waals surface area contributed by atoms with Gasteiger partial charge in [-0.2, -0.15) is 0 Å². The van der Waals surface area contributed by atoms with Crippen molar-refractivity contribution in [1.29, 1.82) is 0 Å². The lowest BCUT2D eigenvalue weighted by Crippen LogP contribution is -1.76. The van der Waals surface area contributed by atoms with Crippen LogP contribution in [-0.4, -0.2) is 0 Å². The van der Waals surface area contributed by atoms with Crippen molar-refractivity contribution in [2.75, 3.05) is 0 Å². The zero-order valence-electron chi connectivity index (χ0n) is 6.80. The molecular weight excluding hydrogens is 171 g/mol. The molecule has 0 nitrogen and oxygen atoms in total. The van der Waals surface area contributed by atoms with Gasteiger partial charge < -0.3 is 0 Å². The number of hydrogen-bond acceptors (Lipinski definition) is 1. The van der Waals surface area contributed by atoms with E-state index in [-0.39, 0.29) is 5.82 Å². The standard InChI is InChI=1S/C10H9FS/c1-2-10-7-4-3-5-9(11)8(7)6-12-10/h3-6H,2H2,1H3. The van der Waals surface area contributed by atoms with Crippen LogP contribution in [0.3, 0.4) is 0 Å². The summed E-state index contributed by atoms with van der Waals surface area (Å²) in [5.74, 6) is -0.108. The molecule has 2 heteroatoms. The molecule has 0 unspecified atom stereocenters. The molecule has 1 aromatic heterocycles. The molecule has 0 aliphatic rings. The van der Waals surface area contributed by atoms with Crippen molar-refractivity contribution in [3.05, 3.63) is 34.3 Å². The second-order valence-corrected chi connectivity index (χ2v) is 3.68. The lowest BCUT2D eigenvalue weighted by molar-refractivity contribution is 0.640. The number of hydrogen-bond donors (Lipinski definition) is 0. The highest BCUT2D eigenvalue weighted by atomic mass is 32.1. The molecule has 0 aliphatic heterocycles. The van der Waals surface area contributed by atoms with Crippen molar-refractivity contribution in [2.24, 2.45) is 0 Å². The first-order valence-electron chi connectivity index (χ1n) is 3.97. The summed E-state index contributed by atoms with van der Waals surface area (Å²) in [6, 6.07) is 5.26. The molecule has 0 atom stereocenters. The van der Waals surface area contributed by atoms with E-state index >= 15 is 0 Å². The number of aryl methyl sites for hydroxylation is 1. The van der Waals surface area contributed by atoms with Crippen LogP contribution >= 0.6 is 11.3 Å². The highest BCUT2D eigenvalue weighted by Crippen LogP contribution is 2.27. The summed E-state index contributed by atoms with van der Waals surface area (Å²) in [6.45, 7) is 2.09. The van der Waals surface area contributed by atoms with E-state index in [1.165, 1.54) is 10.9 Å². The Hall–Kier alpha value is -0.890. The minimum absolute atomic E-state index is 0.108. The molecule has 62 valence electrons. The fourth-order valence-corrected chi connectivity index (χ4v) is 2.34. The van der Waals surface area contributed by atoms with Crippen LogP contribution in [0.5, 0.6) is 0 Å². The molecule has 2 rings (SSSR count). The first-order valence-corrected chi connectivity index (χ1v) is 4.85. The van der Waals surface area contributed by atoms with Crippen molar-refractivity contribution >= 4 is 22.1 Å². The van der Waals surface area contributed by atoms with Crippen LogP contribution in [0, 0.1) is 5.82 Å². The van der Waals surface area contributed by atoms with Gasteiger partial charge in [-0.15, -0.1) is 11.3 Å². The Kier molecular flexibility index (Phi) is 1.85. The van der Waals surface area contributed by atoms with Crippen LogP contribution in [0.15, 0.2) is 23.6 Å². The van der Waals surface area contributed by atoms with Gasteiger partial charge in [-0.05, 0) is 17.9 Å². The van der Waals surface area contributed by atoms with Crippen LogP contribution in [0.1, 0.15) is 11.8 Å². The minimum atomic E-state index is -0.108. The number of benzene rings is 1. The van der Waals surface area contributed by atoms with Crippen molar-refractivity contribution in [1.82, 2.24) is 0 Å². The third kappa shape index (κ3) is 1.03. The second-order valence-electron chi connectivity index (χ2n) is 2.71. The first kappa shape index (κ1) is 7.74. The fourth-order valence-electron chi connectivity index (χ4n) is 1.37. The minimum Gasteiger partial charge on any atom is -0.206 e. The van der Waals surface area contributed by atoms with Crippen molar-refractivity contribution in [3.63, 3.8) is 0 Å². The smallest absolute Gasteiger partial charge is 0.131 e. The molecule has 0 saturated carbocycles. The Labute approximate surface area is 74.6 Å². The van der Waals surface area contributed by atoms with Gasteiger partial charge in [-0.25, -0.2) is 4.39 Å². The molecular formula is C10H9FS. The van der Waals surface area contributed by atoms with Crippen LogP contribution in [0.2, 0.25) is 0 Å². The maximum absolute atomic E-state index is 13.1. The van der Waals surface area contributed by atoms with Crippen molar-refractivity contribution in [3.8, 4) is 0 Å². The largest absolute Gasteiger partial charge is 0.206 e. The SMILES string of the molecule is CCc1scc2c(F)cccc12. The maximum atomic E-state index is 13.1. The molecule has 0 amide bonds. The average molecular weight is 180 g/mol. The monoisotopic (exact) mass is 180 g/mol. The second kappa shape index (κ2) is 2.87. The summed E-state index contributed by atoms with van der Waals surface area (Å²) < 4.78 is 13.1. The predicted molar refractivity (Wildman–Crippen MR) is 51.2 cm³/mol. The van der Waals surface area contributed by atoms with Gasteiger partial charge in [-0.1, -0.05) is 19.1 Å². The Balaban J connectivity index is 2.80. The van der Waals surface area contributed by atoms with E-state index in [1.54, 1.807) is 17.4 Å². The van der Waals surface area contributed by atoms with Gasteiger partial charge in [-0.3, -0.25) is 0 Å². The van der Waals surface area contributed by atoms with Gasteiger partial charge >= 0.3 is 0 Å². The summed E-state index contributed by atoms with van der Waals surface area (Å²) >= 11 is 1.64. The van der Waals surface area contributed by atoms with Gasteiger partial charge in [0.05, 0.1) is 0 Å². The third-order valence-corrected chi connectivity index (χ3v) is 3.14. The van der Waals surface area contributed by atoms with Gasteiger partial charge in [0.15, 0.2) is 0 Å². The van der Waals surface area contributed by atoms with Crippen molar-refractivity contribution in [2.45, 2.75) is 13.3 Å². The first-order chi connectivity index (χ1) is 5.83. The maximum Gasteiger partial charge on any atom is 0.131 e. The molecule has 0 N–H and O–H groups in total. The topological polar surface area (TPSA) is 0 Å². The molecule has 12 heavy (non-hydrogen) atoms. The normalized spacial score (nSPS) is 10.8. The van der Waals surface area contributed by atoms with Crippen LogP contribution in [-0.2, 0) is 6.42 Å². The lowest BCUT2D eigenvalue weighted by atomic mass is 10.1. The summed E-state index contributed by atoms with van der Waals surface area (Å²) in [5, 5.41) is 3.73. The third-order valence-electron chi connectivity index (χ3n) is 1.99. The molecule has 0 aliphatic carbocycles. The van der Waals surface area contributed by atoms with E-state index in [1.807, 2.05) is 11.4 Å².